The highest BCUT2D eigenvalue weighted by atomic mass is 16.3. The molecule has 0 atom stereocenters. The average molecular weight is 322 g/mol. The third kappa shape index (κ3) is 3.04. The van der Waals surface area contributed by atoms with Crippen molar-refractivity contribution in [2.75, 3.05) is 6.61 Å². The minimum Gasteiger partial charge on any atom is -0.401 e. The number of aliphatic imine (C=N–C) groups is 1. The molecule has 5 heteroatoms. The molecule has 3 N–H and O–H groups in total. The first kappa shape index (κ1) is 15.3. The molecule has 0 spiro atoms. The summed E-state index contributed by atoms with van der Waals surface area (Å²) in [6.45, 7) is 0.259. The van der Waals surface area contributed by atoms with Gasteiger partial charge in [-0.15, -0.1) is 0 Å². The molecule has 2 aliphatic rings. The largest absolute Gasteiger partial charge is 0.401 e. The maximum Gasteiger partial charge on any atom is 0.0925 e. The Labute approximate surface area is 141 Å². The zero-order valence-electron chi connectivity index (χ0n) is 13.6. The van der Waals surface area contributed by atoms with Crippen LogP contribution in [0, 0.1) is 11.8 Å². The number of aliphatic hydroxyl groups is 1. The molecule has 24 heavy (non-hydrogen) atoms. The van der Waals surface area contributed by atoms with E-state index in [2.05, 4.69) is 9.98 Å². The van der Waals surface area contributed by atoms with Crippen LogP contribution >= 0.6 is 0 Å². The Morgan fingerprint density at radius 3 is 2.71 bits per heavy atom. The summed E-state index contributed by atoms with van der Waals surface area (Å²) in [5.74, 6) is 0.854. The number of aliphatic hydroxyl groups excluding tert-OH is 1. The number of para-hydroxylation sites is 2. The molecule has 1 heterocycles. The smallest absolute Gasteiger partial charge is 0.0925 e. The van der Waals surface area contributed by atoms with Gasteiger partial charge in [-0.3, -0.25) is 9.98 Å². The van der Waals surface area contributed by atoms with Crippen molar-refractivity contribution in [2.45, 2.75) is 31.7 Å². The molecule has 0 unspecified atom stereocenters. The number of rotatable bonds is 5. The monoisotopic (exact) mass is 322 g/mol. The number of hydrogen-bond acceptors (Lipinski definition) is 5. The van der Waals surface area contributed by atoms with Crippen LogP contribution in [-0.4, -0.2) is 33.9 Å². The fourth-order valence-electron chi connectivity index (χ4n) is 3.14. The zero-order valence-corrected chi connectivity index (χ0v) is 13.6. The van der Waals surface area contributed by atoms with Gasteiger partial charge in [-0.1, -0.05) is 12.1 Å². The van der Waals surface area contributed by atoms with Crippen LogP contribution in [0.3, 0.4) is 0 Å². The lowest BCUT2D eigenvalue weighted by Crippen LogP contribution is -2.29. The molecule has 0 radical (unpaired) electrons. The lowest BCUT2D eigenvalue weighted by molar-refractivity contribution is 0.145. The van der Waals surface area contributed by atoms with Gasteiger partial charge in [0.2, 0.25) is 0 Å². The second-order valence-electron chi connectivity index (χ2n) is 6.84. The van der Waals surface area contributed by atoms with E-state index in [1.165, 1.54) is 0 Å². The van der Waals surface area contributed by atoms with E-state index in [0.29, 0.717) is 11.8 Å². The second kappa shape index (κ2) is 6.32. The summed E-state index contributed by atoms with van der Waals surface area (Å²) in [5.41, 5.74) is 10.7. The number of nitrogens with zero attached hydrogens (tertiary/aromatic N) is 3. The van der Waals surface area contributed by atoms with Crippen molar-refractivity contribution in [1.29, 1.82) is 0 Å². The molecular weight excluding hydrogens is 300 g/mol. The minimum atomic E-state index is 0.259. The fourth-order valence-corrected chi connectivity index (χ4v) is 3.14. The Kier molecular flexibility index (Phi) is 4.02. The van der Waals surface area contributed by atoms with Gasteiger partial charge in [-0.2, -0.15) is 0 Å². The number of aromatic nitrogens is 2. The molecule has 0 saturated heterocycles. The highest BCUT2D eigenvalue weighted by molar-refractivity contribution is 6.10. The second-order valence-corrected chi connectivity index (χ2v) is 6.84. The zero-order chi connectivity index (χ0) is 16.5. The van der Waals surface area contributed by atoms with Gasteiger partial charge < -0.3 is 10.8 Å². The van der Waals surface area contributed by atoms with Gasteiger partial charge in [0.25, 0.3) is 0 Å². The fraction of sp³-hybridized carbons (Fsp3) is 0.421. The van der Waals surface area contributed by atoms with Gasteiger partial charge in [-0.05, 0) is 49.7 Å². The molecule has 1 aromatic carbocycles. The third-order valence-electron chi connectivity index (χ3n) is 4.94. The van der Waals surface area contributed by atoms with E-state index in [-0.39, 0.29) is 12.6 Å². The van der Waals surface area contributed by atoms with Crippen LogP contribution in [0.5, 0.6) is 0 Å². The lowest BCUT2D eigenvalue weighted by atomic mass is 9.81. The van der Waals surface area contributed by atoms with Gasteiger partial charge >= 0.3 is 0 Å². The van der Waals surface area contributed by atoms with Crippen molar-refractivity contribution in [1.82, 2.24) is 9.97 Å². The Bertz CT molecular complexity index is 804. The quantitative estimate of drug-likeness (QED) is 0.829. The molecule has 5 nitrogen and oxygen atoms in total. The van der Waals surface area contributed by atoms with Crippen LogP contribution in [-0.2, 0) is 0 Å². The molecule has 2 fully saturated rings. The number of nitrogens with two attached hydrogens (primary N) is 1. The topological polar surface area (TPSA) is 84.4 Å². The first-order chi connectivity index (χ1) is 11.7. The minimum absolute atomic E-state index is 0.259. The SMILES string of the molecule is NC(=C(C=NC1CC(CO)C1)c1cnc2ccccc2n1)C1CC1. The summed E-state index contributed by atoms with van der Waals surface area (Å²) in [6.07, 6.45) is 7.85. The number of allylic oxidation sites excluding steroid dienone is 2. The van der Waals surface area contributed by atoms with E-state index >= 15 is 0 Å². The number of benzene rings is 1. The maximum atomic E-state index is 9.13. The molecule has 2 saturated carbocycles. The summed E-state index contributed by atoms with van der Waals surface area (Å²) in [7, 11) is 0. The highest BCUT2D eigenvalue weighted by Crippen LogP contribution is 2.37. The molecule has 2 aromatic rings. The average Bonchev–Trinajstić information content (AvgIpc) is 3.41. The van der Waals surface area contributed by atoms with Crippen molar-refractivity contribution in [2.24, 2.45) is 22.6 Å². The van der Waals surface area contributed by atoms with Gasteiger partial charge in [0.15, 0.2) is 0 Å². The van der Waals surface area contributed by atoms with Crippen LogP contribution < -0.4 is 5.73 Å². The Balaban J connectivity index is 1.65. The van der Waals surface area contributed by atoms with Gasteiger partial charge in [0.1, 0.15) is 0 Å². The van der Waals surface area contributed by atoms with E-state index in [4.69, 9.17) is 15.8 Å². The summed E-state index contributed by atoms with van der Waals surface area (Å²) in [6, 6.07) is 8.13. The summed E-state index contributed by atoms with van der Waals surface area (Å²) in [4.78, 5) is 13.9. The van der Waals surface area contributed by atoms with Crippen LogP contribution in [0.1, 0.15) is 31.4 Å². The van der Waals surface area contributed by atoms with E-state index in [1.54, 1.807) is 6.20 Å². The molecule has 124 valence electrons. The van der Waals surface area contributed by atoms with Gasteiger partial charge in [0.05, 0.1) is 29.0 Å². The molecule has 0 amide bonds. The van der Waals surface area contributed by atoms with Crippen molar-refractivity contribution in [3.63, 3.8) is 0 Å². The molecule has 0 aliphatic heterocycles. The van der Waals surface area contributed by atoms with E-state index < -0.39 is 0 Å². The van der Waals surface area contributed by atoms with E-state index in [9.17, 15) is 0 Å². The molecule has 1 aromatic heterocycles. The molecule has 0 bridgehead atoms. The molecule has 4 rings (SSSR count). The summed E-state index contributed by atoms with van der Waals surface area (Å²) >= 11 is 0. The van der Waals surface area contributed by atoms with Crippen LogP contribution in [0.25, 0.3) is 16.6 Å². The molecular formula is C19H22N4O. The Morgan fingerprint density at radius 1 is 1.25 bits per heavy atom. The van der Waals surface area contributed by atoms with Crippen LogP contribution in [0.2, 0.25) is 0 Å². The maximum absolute atomic E-state index is 9.13. The molecule has 2 aliphatic carbocycles. The normalized spacial score (nSPS) is 24.9. The third-order valence-corrected chi connectivity index (χ3v) is 4.94. The first-order valence-electron chi connectivity index (χ1n) is 8.60. The van der Waals surface area contributed by atoms with Gasteiger partial charge in [0, 0.05) is 24.1 Å². The lowest BCUT2D eigenvalue weighted by Gasteiger charge is -2.30. The summed E-state index contributed by atoms with van der Waals surface area (Å²) < 4.78 is 0. The highest BCUT2D eigenvalue weighted by Gasteiger charge is 2.29. The van der Waals surface area contributed by atoms with E-state index in [1.807, 2.05) is 30.5 Å². The number of fused-ring (bicyclic) bond motifs is 1. The van der Waals surface area contributed by atoms with Gasteiger partial charge in [-0.25, -0.2) is 4.98 Å². The predicted octanol–water partition coefficient (Wildman–Crippen LogP) is 2.55. The van der Waals surface area contributed by atoms with Crippen molar-refractivity contribution in [3.8, 4) is 0 Å². The number of hydrogen-bond donors (Lipinski definition) is 2. The van der Waals surface area contributed by atoms with Crippen molar-refractivity contribution < 1.29 is 5.11 Å². The Morgan fingerprint density at radius 2 is 2.00 bits per heavy atom. The first-order valence-corrected chi connectivity index (χ1v) is 8.60. The van der Waals surface area contributed by atoms with E-state index in [0.717, 1.165) is 53.7 Å². The summed E-state index contributed by atoms with van der Waals surface area (Å²) in [5, 5.41) is 9.13. The van der Waals surface area contributed by atoms with Crippen LogP contribution in [0.4, 0.5) is 0 Å². The van der Waals surface area contributed by atoms with Crippen molar-refractivity contribution in [3.05, 3.63) is 41.9 Å². The van der Waals surface area contributed by atoms with Crippen LogP contribution in [0.15, 0.2) is 41.2 Å². The predicted molar refractivity (Wildman–Crippen MR) is 95.5 cm³/mol. The van der Waals surface area contributed by atoms with Crippen molar-refractivity contribution >= 4 is 22.8 Å². The Hall–Kier alpha value is -2.27. The standard InChI is InChI=1S/C19H22N4O/c20-19(13-5-6-13)15(9-21-14-7-12(8-14)11-24)18-10-22-16-3-1-2-4-17(16)23-18/h1-4,9-10,12-14,24H,5-8,11,20H2.